The van der Waals surface area contributed by atoms with Gasteiger partial charge in [0.05, 0.1) is 4.92 Å². The highest BCUT2D eigenvalue weighted by Crippen LogP contribution is 2.27. The third kappa shape index (κ3) is 3.67. The molecule has 0 fully saturated rings. The van der Waals surface area contributed by atoms with Crippen molar-refractivity contribution in [1.82, 2.24) is 4.72 Å². The van der Waals surface area contributed by atoms with Crippen molar-refractivity contribution in [1.29, 1.82) is 0 Å². The maximum Gasteiger partial charge on any atom is 0.291 e. The van der Waals surface area contributed by atoms with Crippen molar-refractivity contribution in [2.45, 2.75) is 24.3 Å². The van der Waals surface area contributed by atoms with Crippen LogP contribution in [0, 0.1) is 10.1 Å². The van der Waals surface area contributed by atoms with Gasteiger partial charge in [-0.1, -0.05) is 0 Å². The van der Waals surface area contributed by atoms with Gasteiger partial charge in [-0.05, 0) is 26.0 Å². The number of primary amides is 1. The van der Waals surface area contributed by atoms with E-state index in [9.17, 15) is 23.3 Å². The molecule has 1 aromatic rings. The van der Waals surface area contributed by atoms with E-state index in [1.54, 1.807) is 7.05 Å². The largest absolute Gasteiger partial charge is 0.388 e. The second kappa shape index (κ2) is 5.66. The number of sulfonamides is 1. The molecule has 0 saturated heterocycles. The lowest BCUT2D eigenvalue weighted by atomic mass is 10.1. The number of nitrogens with two attached hydrogens (primary N) is 1. The number of carbonyl (C=O) groups excluding carboxylic acids is 1. The highest BCUT2D eigenvalue weighted by Gasteiger charge is 2.34. The number of nitrogens with one attached hydrogen (secondary N) is 2. The van der Waals surface area contributed by atoms with Crippen LogP contribution in [0.2, 0.25) is 0 Å². The lowest BCUT2D eigenvalue weighted by Crippen LogP contribution is -2.52. The number of hydrogen-bond acceptors (Lipinski definition) is 6. The van der Waals surface area contributed by atoms with E-state index in [2.05, 4.69) is 10.0 Å². The normalized spacial score (nSPS) is 12.0. The number of hydrogen-bond donors (Lipinski definition) is 3. The minimum atomic E-state index is -4.28. The first-order chi connectivity index (χ1) is 9.51. The van der Waals surface area contributed by atoms with E-state index < -0.39 is 37.0 Å². The molecule has 1 amide bonds. The number of nitro groups is 1. The molecule has 0 heterocycles. The zero-order valence-corrected chi connectivity index (χ0v) is 12.5. The van der Waals surface area contributed by atoms with Crippen LogP contribution >= 0.6 is 0 Å². The Bertz CT molecular complexity index is 684. The summed E-state index contributed by atoms with van der Waals surface area (Å²) in [4.78, 5) is 20.9. The van der Waals surface area contributed by atoms with E-state index in [-0.39, 0.29) is 0 Å². The fourth-order valence-electron chi connectivity index (χ4n) is 1.48. The fourth-order valence-corrected chi connectivity index (χ4v) is 3.02. The molecule has 0 aliphatic rings. The van der Waals surface area contributed by atoms with Crippen LogP contribution in [0.15, 0.2) is 23.1 Å². The Morgan fingerprint density at radius 3 is 2.38 bits per heavy atom. The summed E-state index contributed by atoms with van der Waals surface area (Å²) in [6.07, 6.45) is 0. The molecule has 0 aliphatic carbocycles. The van der Waals surface area contributed by atoms with Crippen LogP contribution in [-0.2, 0) is 14.8 Å². The zero-order chi connectivity index (χ0) is 16.4. The zero-order valence-electron chi connectivity index (χ0n) is 11.7. The second-order valence-electron chi connectivity index (χ2n) is 4.78. The molecule has 0 spiro atoms. The monoisotopic (exact) mass is 316 g/mol. The van der Waals surface area contributed by atoms with Crippen molar-refractivity contribution in [3.63, 3.8) is 0 Å². The first kappa shape index (κ1) is 16.9. The molecule has 4 N–H and O–H groups in total. The van der Waals surface area contributed by atoms with E-state index in [0.717, 1.165) is 12.1 Å². The van der Waals surface area contributed by atoms with E-state index in [0.29, 0.717) is 5.69 Å². The summed E-state index contributed by atoms with van der Waals surface area (Å²) in [6, 6.07) is 3.55. The standard InChI is InChI=1S/C11H16N4O5S/c1-11(2,10(12)16)14-21(19,20)9-5-4-7(13-3)6-8(9)15(17)18/h4-6,13-14H,1-3H3,(H2,12,16). The van der Waals surface area contributed by atoms with Crippen LogP contribution in [0.25, 0.3) is 0 Å². The molecule has 1 rings (SSSR count). The average Bonchev–Trinajstić information content (AvgIpc) is 2.36. The second-order valence-corrected chi connectivity index (χ2v) is 6.44. The molecule has 21 heavy (non-hydrogen) atoms. The Balaban J connectivity index is 3.38. The van der Waals surface area contributed by atoms with Gasteiger partial charge in [-0.2, -0.15) is 4.72 Å². The van der Waals surface area contributed by atoms with Crippen LogP contribution in [0.3, 0.4) is 0 Å². The van der Waals surface area contributed by atoms with Gasteiger partial charge < -0.3 is 11.1 Å². The summed E-state index contributed by atoms with van der Waals surface area (Å²) in [5, 5.41) is 13.7. The van der Waals surface area contributed by atoms with Crippen LogP contribution in [0.5, 0.6) is 0 Å². The van der Waals surface area contributed by atoms with E-state index in [1.807, 2.05) is 0 Å². The number of amides is 1. The maximum absolute atomic E-state index is 12.2. The molecule has 10 heteroatoms. The van der Waals surface area contributed by atoms with Gasteiger partial charge in [0.1, 0.15) is 5.54 Å². The van der Waals surface area contributed by atoms with Gasteiger partial charge in [-0.3, -0.25) is 14.9 Å². The molecular formula is C11H16N4O5S. The molecule has 0 unspecified atom stereocenters. The van der Waals surface area contributed by atoms with Crippen molar-refractivity contribution in [2.24, 2.45) is 5.73 Å². The van der Waals surface area contributed by atoms with Crippen LogP contribution in [-0.4, -0.2) is 31.8 Å². The lowest BCUT2D eigenvalue weighted by molar-refractivity contribution is -0.387. The third-order valence-electron chi connectivity index (χ3n) is 2.74. The maximum atomic E-state index is 12.2. The highest BCUT2D eigenvalue weighted by molar-refractivity contribution is 7.89. The van der Waals surface area contributed by atoms with Crippen molar-refractivity contribution in [3.05, 3.63) is 28.3 Å². The molecule has 0 aliphatic heterocycles. The van der Waals surface area contributed by atoms with Gasteiger partial charge in [0.2, 0.25) is 15.9 Å². The van der Waals surface area contributed by atoms with E-state index in [1.165, 1.54) is 19.9 Å². The fraction of sp³-hybridized carbons (Fsp3) is 0.364. The van der Waals surface area contributed by atoms with Crippen molar-refractivity contribution in [2.75, 3.05) is 12.4 Å². The summed E-state index contributed by atoms with van der Waals surface area (Å²) < 4.78 is 26.5. The number of carbonyl (C=O) groups is 1. The van der Waals surface area contributed by atoms with E-state index in [4.69, 9.17) is 5.73 Å². The topological polar surface area (TPSA) is 144 Å². The van der Waals surface area contributed by atoms with Gasteiger partial charge >= 0.3 is 0 Å². The summed E-state index contributed by atoms with van der Waals surface area (Å²) in [5.41, 5.74) is 3.30. The first-order valence-electron chi connectivity index (χ1n) is 5.81. The number of benzene rings is 1. The molecule has 0 bridgehead atoms. The molecule has 9 nitrogen and oxygen atoms in total. The molecule has 0 saturated carbocycles. The summed E-state index contributed by atoms with van der Waals surface area (Å²) >= 11 is 0. The van der Waals surface area contributed by atoms with Gasteiger partial charge in [-0.25, -0.2) is 8.42 Å². The molecule has 116 valence electrons. The van der Waals surface area contributed by atoms with Crippen molar-refractivity contribution >= 4 is 27.3 Å². The summed E-state index contributed by atoms with van der Waals surface area (Å²) in [6.45, 7) is 2.53. The number of nitro benzene ring substituents is 1. The Hall–Kier alpha value is -2.20. The quantitative estimate of drug-likeness (QED) is 0.504. The van der Waals surface area contributed by atoms with Crippen molar-refractivity contribution < 1.29 is 18.1 Å². The van der Waals surface area contributed by atoms with Gasteiger partial charge in [0.15, 0.2) is 4.90 Å². The average molecular weight is 316 g/mol. The summed E-state index contributed by atoms with van der Waals surface area (Å²) in [7, 11) is -2.74. The molecule has 0 radical (unpaired) electrons. The third-order valence-corrected chi connectivity index (χ3v) is 4.44. The first-order valence-corrected chi connectivity index (χ1v) is 7.29. The Kier molecular flexibility index (Phi) is 4.54. The lowest BCUT2D eigenvalue weighted by Gasteiger charge is -2.22. The van der Waals surface area contributed by atoms with Crippen molar-refractivity contribution in [3.8, 4) is 0 Å². The minimum Gasteiger partial charge on any atom is -0.388 e. The van der Waals surface area contributed by atoms with Gasteiger partial charge in [0, 0.05) is 18.8 Å². The predicted molar refractivity (Wildman–Crippen MR) is 76.2 cm³/mol. The van der Waals surface area contributed by atoms with E-state index >= 15 is 0 Å². The van der Waals surface area contributed by atoms with Crippen LogP contribution < -0.4 is 15.8 Å². The Morgan fingerprint density at radius 1 is 1.38 bits per heavy atom. The van der Waals surface area contributed by atoms with Crippen LogP contribution in [0.1, 0.15) is 13.8 Å². The SMILES string of the molecule is CNc1ccc(S(=O)(=O)NC(C)(C)C(N)=O)c([N+](=O)[O-])c1. The summed E-state index contributed by atoms with van der Waals surface area (Å²) in [5.74, 6) is -0.902. The van der Waals surface area contributed by atoms with Crippen LogP contribution in [0.4, 0.5) is 11.4 Å². The van der Waals surface area contributed by atoms with Gasteiger partial charge in [0.25, 0.3) is 5.69 Å². The molecule has 0 atom stereocenters. The van der Waals surface area contributed by atoms with Gasteiger partial charge in [-0.15, -0.1) is 0 Å². The molecular weight excluding hydrogens is 300 g/mol. The smallest absolute Gasteiger partial charge is 0.291 e. The number of nitrogens with zero attached hydrogens (tertiary/aromatic N) is 1. The Labute approximate surface area is 121 Å². The Morgan fingerprint density at radius 2 is 1.95 bits per heavy atom. The number of rotatable bonds is 6. The number of anilines is 1. The molecule has 0 aromatic heterocycles. The predicted octanol–water partition coefficient (Wildman–Crippen LogP) is 0.179. The highest BCUT2D eigenvalue weighted by atomic mass is 32.2. The molecule has 1 aromatic carbocycles. The minimum absolute atomic E-state index is 0.384.